The Bertz CT molecular complexity index is 1290. The van der Waals surface area contributed by atoms with Crippen LogP contribution in [0.2, 0.25) is 0 Å². The Hall–Kier alpha value is -4.24. The van der Waals surface area contributed by atoms with Gasteiger partial charge in [0.2, 0.25) is 11.8 Å². The first kappa shape index (κ1) is 24.9. The van der Waals surface area contributed by atoms with Crippen LogP contribution in [0.3, 0.4) is 0 Å². The molecule has 4 rings (SSSR count). The van der Waals surface area contributed by atoms with Gasteiger partial charge >= 0.3 is 0 Å². The number of nitrogens with one attached hydrogen (secondary N) is 1. The van der Waals surface area contributed by atoms with Gasteiger partial charge in [-0.15, -0.1) is 5.10 Å². The number of benzene rings is 3. The maximum atomic E-state index is 13.9. The van der Waals surface area contributed by atoms with Gasteiger partial charge in [0.15, 0.2) is 0 Å². The van der Waals surface area contributed by atoms with Crippen molar-refractivity contribution in [2.75, 3.05) is 31.8 Å². The molecule has 0 aliphatic carbocycles. The molecule has 1 N–H and O–H groups in total. The van der Waals surface area contributed by atoms with Gasteiger partial charge in [0.1, 0.15) is 23.9 Å². The third-order valence-corrected chi connectivity index (χ3v) is 5.63. The molecule has 0 aliphatic rings. The Morgan fingerprint density at radius 1 is 1.00 bits per heavy atom. The number of carbonyl (C=O) groups is 2. The number of amides is 2. The van der Waals surface area contributed by atoms with E-state index in [1.807, 2.05) is 61.5 Å². The van der Waals surface area contributed by atoms with Crippen LogP contribution in [0.15, 0.2) is 78.9 Å². The Labute approximate surface area is 209 Å². The number of nitrogens with zero attached hydrogens (tertiary/aromatic N) is 4. The average molecular weight is 488 g/mol. The summed E-state index contributed by atoms with van der Waals surface area (Å²) in [5, 5.41) is 11.2. The van der Waals surface area contributed by atoms with Gasteiger partial charge in [-0.25, -0.2) is 4.68 Å². The standard InChI is InChI=1S/C27H29N5O4/c1-3-36-22-15-13-21(14-16-22)32(25(33)19-31-24-12-8-7-11-23(24)29-30-31)26(20-9-5-4-6-10-20)27(34)28-17-18-35-2/h4-16,26H,3,17-19H2,1-2H3,(H,28,34)/t26-/m1/s1. The SMILES string of the molecule is CCOc1ccc(N(C(=O)Cn2nnc3ccccc32)[C@@H](C(=O)NCCOC)c2ccccc2)cc1. The van der Waals surface area contributed by atoms with Gasteiger partial charge in [-0.1, -0.05) is 47.7 Å². The van der Waals surface area contributed by atoms with Crippen LogP contribution in [-0.4, -0.2) is 53.7 Å². The summed E-state index contributed by atoms with van der Waals surface area (Å²) >= 11 is 0. The fraction of sp³-hybridized carbons (Fsp3) is 0.259. The highest BCUT2D eigenvalue weighted by Gasteiger charge is 2.33. The van der Waals surface area contributed by atoms with Crippen molar-refractivity contribution >= 4 is 28.5 Å². The molecule has 9 heteroatoms. The second-order valence-corrected chi connectivity index (χ2v) is 8.02. The van der Waals surface area contributed by atoms with E-state index in [-0.39, 0.29) is 18.4 Å². The van der Waals surface area contributed by atoms with Gasteiger partial charge in [-0.05, 0) is 48.9 Å². The minimum absolute atomic E-state index is 0.0948. The number of fused-ring (bicyclic) bond motifs is 1. The molecule has 2 amide bonds. The van der Waals surface area contributed by atoms with Crippen molar-refractivity contribution < 1.29 is 19.1 Å². The molecule has 4 aromatic rings. The van der Waals surface area contributed by atoms with Crippen molar-refractivity contribution in [1.29, 1.82) is 0 Å². The molecule has 0 spiro atoms. The van der Waals surface area contributed by atoms with Crippen LogP contribution in [0.5, 0.6) is 5.75 Å². The lowest BCUT2D eigenvalue weighted by molar-refractivity contribution is -0.127. The van der Waals surface area contributed by atoms with Crippen LogP contribution in [0.4, 0.5) is 5.69 Å². The zero-order valence-electron chi connectivity index (χ0n) is 20.3. The van der Waals surface area contributed by atoms with Gasteiger partial charge in [-0.2, -0.15) is 0 Å². The average Bonchev–Trinajstić information content (AvgIpc) is 3.31. The smallest absolute Gasteiger partial charge is 0.249 e. The maximum absolute atomic E-state index is 13.9. The Kier molecular flexibility index (Phi) is 8.25. The number of anilines is 1. The summed E-state index contributed by atoms with van der Waals surface area (Å²) in [5.41, 5.74) is 2.66. The maximum Gasteiger partial charge on any atom is 0.249 e. The minimum Gasteiger partial charge on any atom is -0.494 e. The van der Waals surface area contributed by atoms with Crippen molar-refractivity contribution in [3.63, 3.8) is 0 Å². The number of para-hydroxylation sites is 1. The lowest BCUT2D eigenvalue weighted by Gasteiger charge is -2.31. The van der Waals surface area contributed by atoms with Gasteiger partial charge in [-0.3, -0.25) is 14.5 Å². The molecule has 0 bridgehead atoms. The molecule has 1 heterocycles. The van der Waals surface area contributed by atoms with Gasteiger partial charge in [0.05, 0.1) is 18.7 Å². The quantitative estimate of drug-likeness (QED) is 0.326. The third kappa shape index (κ3) is 5.69. The van der Waals surface area contributed by atoms with E-state index >= 15 is 0 Å². The second-order valence-electron chi connectivity index (χ2n) is 8.02. The summed E-state index contributed by atoms with van der Waals surface area (Å²) in [6.45, 7) is 3.01. The molecule has 0 unspecified atom stereocenters. The van der Waals surface area contributed by atoms with Crippen molar-refractivity contribution in [2.45, 2.75) is 19.5 Å². The van der Waals surface area contributed by atoms with E-state index < -0.39 is 6.04 Å². The summed E-state index contributed by atoms with van der Waals surface area (Å²) in [6, 6.07) is 22.9. The number of methoxy groups -OCH3 is 1. The molecular weight excluding hydrogens is 458 g/mol. The number of carbonyl (C=O) groups excluding carboxylic acids is 2. The number of aromatic nitrogens is 3. The van der Waals surface area contributed by atoms with Crippen molar-refractivity contribution in [1.82, 2.24) is 20.3 Å². The molecule has 3 aromatic carbocycles. The highest BCUT2D eigenvalue weighted by Crippen LogP contribution is 2.30. The molecule has 0 saturated heterocycles. The van der Waals surface area contributed by atoms with Crippen LogP contribution in [-0.2, 0) is 20.9 Å². The van der Waals surface area contributed by atoms with Crippen LogP contribution in [0.1, 0.15) is 18.5 Å². The third-order valence-electron chi connectivity index (χ3n) is 5.63. The van der Waals surface area contributed by atoms with E-state index in [0.29, 0.717) is 42.3 Å². The van der Waals surface area contributed by atoms with E-state index in [0.717, 1.165) is 5.52 Å². The predicted molar refractivity (Wildman–Crippen MR) is 137 cm³/mol. The van der Waals surface area contributed by atoms with Crippen molar-refractivity contribution in [2.24, 2.45) is 0 Å². The first-order valence-electron chi connectivity index (χ1n) is 11.8. The van der Waals surface area contributed by atoms with Gasteiger partial charge < -0.3 is 14.8 Å². The highest BCUT2D eigenvalue weighted by molar-refractivity contribution is 6.01. The van der Waals surface area contributed by atoms with Crippen LogP contribution < -0.4 is 15.0 Å². The molecule has 1 aromatic heterocycles. The molecule has 0 saturated carbocycles. The molecule has 0 radical (unpaired) electrons. The van der Waals surface area contributed by atoms with Crippen LogP contribution >= 0.6 is 0 Å². The highest BCUT2D eigenvalue weighted by atomic mass is 16.5. The van der Waals surface area contributed by atoms with E-state index in [9.17, 15) is 9.59 Å². The molecule has 0 fully saturated rings. The Morgan fingerprint density at radius 3 is 2.44 bits per heavy atom. The molecule has 0 aliphatic heterocycles. The first-order valence-corrected chi connectivity index (χ1v) is 11.8. The molecule has 186 valence electrons. The van der Waals surface area contributed by atoms with Crippen LogP contribution in [0, 0.1) is 0 Å². The first-order chi connectivity index (χ1) is 17.6. The fourth-order valence-corrected chi connectivity index (χ4v) is 3.97. The molecule has 36 heavy (non-hydrogen) atoms. The molecule has 1 atom stereocenters. The summed E-state index contributed by atoms with van der Waals surface area (Å²) in [6.07, 6.45) is 0. The lowest BCUT2D eigenvalue weighted by Crippen LogP contribution is -2.46. The number of ether oxygens (including phenoxy) is 2. The number of hydrogen-bond acceptors (Lipinski definition) is 6. The Morgan fingerprint density at radius 2 is 1.72 bits per heavy atom. The van der Waals surface area contributed by atoms with Gasteiger partial charge in [0.25, 0.3) is 0 Å². The largest absolute Gasteiger partial charge is 0.494 e. The van der Waals surface area contributed by atoms with Crippen molar-refractivity contribution in [3.8, 4) is 5.75 Å². The second kappa shape index (κ2) is 11.9. The molecule has 9 nitrogen and oxygen atoms in total. The number of hydrogen-bond donors (Lipinski definition) is 1. The van der Waals surface area contributed by atoms with E-state index in [1.165, 1.54) is 4.90 Å². The van der Waals surface area contributed by atoms with E-state index in [1.54, 1.807) is 36.1 Å². The molecular formula is C27H29N5O4. The fourth-order valence-electron chi connectivity index (χ4n) is 3.97. The summed E-state index contributed by atoms with van der Waals surface area (Å²) in [5.74, 6) is 0.0474. The van der Waals surface area contributed by atoms with Crippen LogP contribution in [0.25, 0.3) is 11.0 Å². The van der Waals surface area contributed by atoms with E-state index in [2.05, 4.69) is 15.6 Å². The lowest BCUT2D eigenvalue weighted by atomic mass is 10.0. The van der Waals surface area contributed by atoms with Crippen molar-refractivity contribution in [3.05, 3.63) is 84.4 Å². The Balaban J connectivity index is 1.75. The summed E-state index contributed by atoms with van der Waals surface area (Å²) < 4.78 is 12.2. The van der Waals surface area contributed by atoms with E-state index in [4.69, 9.17) is 9.47 Å². The zero-order chi connectivity index (χ0) is 25.3. The van der Waals surface area contributed by atoms with Gasteiger partial charge in [0, 0.05) is 19.3 Å². The topological polar surface area (TPSA) is 98.6 Å². The normalized spacial score (nSPS) is 11.7. The minimum atomic E-state index is -0.914. The summed E-state index contributed by atoms with van der Waals surface area (Å²) in [4.78, 5) is 28.9. The number of rotatable bonds is 11. The monoisotopic (exact) mass is 487 g/mol. The summed E-state index contributed by atoms with van der Waals surface area (Å²) in [7, 11) is 1.57. The predicted octanol–water partition coefficient (Wildman–Crippen LogP) is 3.37. The zero-order valence-corrected chi connectivity index (χ0v) is 20.3.